The van der Waals surface area contributed by atoms with Gasteiger partial charge in [0.15, 0.2) is 5.17 Å². The predicted octanol–water partition coefficient (Wildman–Crippen LogP) is 3.38. The van der Waals surface area contributed by atoms with Crippen LogP contribution in [0, 0.1) is 0 Å². The summed E-state index contributed by atoms with van der Waals surface area (Å²) in [4.78, 5) is 15.6. The first kappa shape index (κ1) is 17.0. The largest absolute Gasteiger partial charge is 0.497 e. The molecule has 2 N–H and O–H groups in total. The van der Waals surface area contributed by atoms with Crippen molar-refractivity contribution in [1.82, 2.24) is 5.43 Å². The third-order valence-corrected chi connectivity index (χ3v) is 4.33. The van der Waals surface area contributed by atoms with Crippen molar-refractivity contribution in [3.8, 4) is 5.75 Å². The smallest absolute Gasteiger partial charge is 0.221 e. The molecule has 0 fully saturated rings. The molecular formula is C18H18N4O2S. The number of nitrogens with zero attached hydrogens (tertiary/aromatic N) is 2. The molecule has 128 valence electrons. The molecule has 6 nitrogen and oxygen atoms in total. The monoisotopic (exact) mass is 354 g/mol. The first-order valence-electron chi connectivity index (χ1n) is 7.70. The van der Waals surface area contributed by atoms with Crippen LogP contribution in [0.2, 0.25) is 0 Å². The average molecular weight is 354 g/mol. The fourth-order valence-electron chi connectivity index (χ4n) is 2.27. The first-order chi connectivity index (χ1) is 12.1. The van der Waals surface area contributed by atoms with Crippen molar-refractivity contribution < 1.29 is 9.53 Å². The van der Waals surface area contributed by atoms with E-state index in [4.69, 9.17) is 4.74 Å². The second-order valence-corrected chi connectivity index (χ2v) is 6.30. The van der Waals surface area contributed by atoms with Gasteiger partial charge in [0, 0.05) is 24.4 Å². The van der Waals surface area contributed by atoms with E-state index in [2.05, 4.69) is 20.8 Å². The van der Waals surface area contributed by atoms with E-state index in [1.807, 2.05) is 48.5 Å². The predicted molar refractivity (Wildman–Crippen MR) is 103 cm³/mol. The van der Waals surface area contributed by atoms with Crippen LogP contribution < -0.4 is 15.5 Å². The molecule has 2 aromatic carbocycles. The molecular weight excluding hydrogens is 336 g/mol. The number of methoxy groups -OCH3 is 1. The van der Waals surface area contributed by atoms with Crippen LogP contribution in [0.15, 0.2) is 58.6 Å². The van der Waals surface area contributed by atoms with Crippen molar-refractivity contribution in [1.29, 1.82) is 0 Å². The maximum Gasteiger partial charge on any atom is 0.221 e. The Hall–Kier alpha value is -2.80. The summed E-state index contributed by atoms with van der Waals surface area (Å²) in [5.41, 5.74) is 6.52. The SMILES string of the molecule is COc1cccc(N=C2NN=C(c3ccc(NC(C)=O)cc3)CS2)c1. The van der Waals surface area contributed by atoms with Gasteiger partial charge in [-0.1, -0.05) is 30.0 Å². The summed E-state index contributed by atoms with van der Waals surface area (Å²) < 4.78 is 5.20. The molecule has 1 amide bonds. The van der Waals surface area contributed by atoms with Gasteiger partial charge in [0.2, 0.25) is 5.91 Å². The zero-order valence-corrected chi connectivity index (χ0v) is 14.8. The molecule has 7 heteroatoms. The van der Waals surface area contributed by atoms with E-state index >= 15 is 0 Å². The number of thioether (sulfide) groups is 1. The molecule has 0 radical (unpaired) electrons. The van der Waals surface area contributed by atoms with Crippen LogP contribution in [0.25, 0.3) is 0 Å². The molecule has 1 heterocycles. The molecule has 2 aromatic rings. The van der Waals surface area contributed by atoms with Gasteiger partial charge in [-0.3, -0.25) is 10.2 Å². The van der Waals surface area contributed by atoms with Gasteiger partial charge in [-0.25, -0.2) is 4.99 Å². The molecule has 0 atom stereocenters. The number of carbonyl (C=O) groups is 1. The summed E-state index contributed by atoms with van der Waals surface area (Å²) in [6.45, 7) is 1.49. The number of ether oxygens (including phenoxy) is 1. The molecule has 3 rings (SSSR count). The zero-order chi connectivity index (χ0) is 17.6. The number of rotatable bonds is 4. The van der Waals surface area contributed by atoms with E-state index in [0.717, 1.165) is 39.3 Å². The minimum absolute atomic E-state index is 0.0848. The number of amidine groups is 1. The van der Waals surface area contributed by atoms with E-state index in [9.17, 15) is 4.79 Å². The van der Waals surface area contributed by atoms with Crippen LogP contribution in [-0.4, -0.2) is 29.6 Å². The fraction of sp³-hybridized carbons (Fsp3) is 0.167. The van der Waals surface area contributed by atoms with Crippen LogP contribution in [0.1, 0.15) is 12.5 Å². The molecule has 0 saturated carbocycles. The lowest BCUT2D eigenvalue weighted by atomic mass is 10.1. The van der Waals surface area contributed by atoms with Crippen LogP contribution in [0.4, 0.5) is 11.4 Å². The lowest BCUT2D eigenvalue weighted by molar-refractivity contribution is -0.114. The van der Waals surface area contributed by atoms with Gasteiger partial charge in [0.25, 0.3) is 0 Å². The summed E-state index contributed by atoms with van der Waals surface area (Å²) in [6.07, 6.45) is 0. The van der Waals surface area contributed by atoms with Gasteiger partial charge in [0.05, 0.1) is 18.5 Å². The van der Waals surface area contributed by atoms with Crippen LogP contribution in [0.3, 0.4) is 0 Å². The third-order valence-electron chi connectivity index (χ3n) is 3.45. The molecule has 0 saturated heterocycles. The van der Waals surface area contributed by atoms with E-state index in [1.54, 1.807) is 18.9 Å². The maximum absolute atomic E-state index is 11.1. The van der Waals surface area contributed by atoms with Gasteiger partial charge in [0.1, 0.15) is 5.75 Å². The summed E-state index contributed by atoms with van der Waals surface area (Å²) in [7, 11) is 1.63. The van der Waals surface area contributed by atoms with Crippen molar-refractivity contribution in [2.75, 3.05) is 18.2 Å². The quantitative estimate of drug-likeness (QED) is 0.883. The van der Waals surface area contributed by atoms with Crippen molar-refractivity contribution >= 4 is 39.9 Å². The number of benzene rings is 2. The van der Waals surface area contributed by atoms with Crippen molar-refractivity contribution in [3.63, 3.8) is 0 Å². The second-order valence-electron chi connectivity index (χ2n) is 5.34. The Labute approximate surface area is 150 Å². The lowest BCUT2D eigenvalue weighted by Crippen LogP contribution is -2.25. The molecule has 0 bridgehead atoms. The molecule has 0 aliphatic carbocycles. The Morgan fingerprint density at radius 3 is 2.72 bits per heavy atom. The van der Waals surface area contributed by atoms with E-state index < -0.39 is 0 Å². The van der Waals surface area contributed by atoms with Gasteiger partial charge in [-0.15, -0.1) is 0 Å². The Morgan fingerprint density at radius 1 is 1.28 bits per heavy atom. The standard InChI is InChI=1S/C18H18N4O2S/c1-12(23)19-14-8-6-13(7-9-14)17-11-25-18(22-21-17)20-15-4-3-5-16(10-15)24-2/h3-10H,11H2,1-2H3,(H,19,23)(H,20,22). The van der Waals surface area contributed by atoms with Gasteiger partial charge in [-0.2, -0.15) is 5.10 Å². The Bertz CT molecular complexity index is 831. The molecule has 0 unspecified atom stereocenters. The maximum atomic E-state index is 11.1. The number of nitrogens with one attached hydrogen (secondary N) is 2. The summed E-state index contributed by atoms with van der Waals surface area (Å²) in [6, 6.07) is 15.2. The van der Waals surface area contributed by atoms with Crippen LogP contribution in [0.5, 0.6) is 5.75 Å². The van der Waals surface area contributed by atoms with Gasteiger partial charge < -0.3 is 10.1 Å². The van der Waals surface area contributed by atoms with Crippen LogP contribution in [-0.2, 0) is 4.79 Å². The Balaban J connectivity index is 1.69. The van der Waals surface area contributed by atoms with Crippen molar-refractivity contribution in [2.45, 2.75) is 6.92 Å². The highest BCUT2D eigenvalue weighted by molar-refractivity contribution is 8.14. The number of carbonyl (C=O) groups excluding carboxylic acids is 1. The van der Waals surface area contributed by atoms with Crippen LogP contribution >= 0.6 is 11.8 Å². The molecule has 0 aromatic heterocycles. The number of hydrogen-bond donors (Lipinski definition) is 2. The lowest BCUT2D eigenvalue weighted by Gasteiger charge is -2.15. The number of hydrogen-bond acceptors (Lipinski definition) is 5. The number of amides is 1. The normalized spacial score (nSPS) is 15.3. The van der Waals surface area contributed by atoms with Crippen molar-refractivity contribution in [3.05, 3.63) is 54.1 Å². The average Bonchev–Trinajstić information content (AvgIpc) is 2.63. The van der Waals surface area contributed by atoms with Crippen molar-refractivity contribution in [2.24, 2.45) is 10.1 Å². The Morgan fingerprint density at radius 2 is 2.08 bits per heavy atom. The molecule has 0 spiro atoms. The summed E-state index contributed by atoms with van der Waals surface area (Å²) in [5, 5.41) is 7.90. The Kier molecular flexibility index (Phi) is 5.35. The molecule has 25 heavy (non-hydrogen) atoms. The zero-order valence-electron chi connectivity index (χ0n) is 13.9. The highest BCUT2D eigenvalue weighted by Crippen LogP contribution is 2.22. The minimum Gasteiger partial charge on any atom is -0.497 e. The van der Waals surface area contributed by atoms with E-state index in [0.29, 0.717) is 0 Å². The minimum atomic E-state index is -0.0848. The first-order valence-corrected chi connectivity index (χ1v) is 8.69. The summed E-state index contributed by atoms with van der Waals surface area (Å²) in [5.74, 6) is 1.40. The van der Waals surface area contributed by atoms with Gasteiger partial charge in [-0.05, 0) is 29.8 Å². The summed E-state index contributed by atoms with van der Waals surface area (Å²) >= 11 is 1.59. The van der Waals surface area contributed by atoms with Gasteiger partial charge >= 0.3 is 0 Å². The van der Waals surface area contributed by atoms with E-state index in [1.165, 1.54) is 6.92 Å². The molecule has 1 aliphatic rings. The number of anilines is 1. The molecule has 1 aliphatic heterocycles. The third kappa shape index (κ3) is 4.60. The van der Waals surface area contributed by atoms with E-state index in [-0.39, 0.29) is 5.91 Å². The highest BCUT2D eigenvalue weighted by Gasteiger charge is 2.13. The second kappa shape index (κ2) is 7.85. The highest BCUT2D eigenvalue weighted by atomic mass is 32.2. The number of aliphatic imine (C=N–C) groups is 1. The number of hydrazone groups is 1. The fourth-order valence-corrected chi connectivity index (χ4v) is 3.05. The topological polar surface area (TPSA) is 75.1 Å².